The summed E-state index contributed by atoms with van der Waals surface area (Å²) < 4.78 is 0. The van der Waals surface area contributed by atoms with Gasteiger partial charge in [0.1, 0.15) is 34.7 Å². The van der Waals surface area contributed by atoms with Crippen LogP contribution in [-0.4, -0.2) is 547 Å². The lowest BCUT2D eigenvalue weighted by molar-refractivity contribution is -0.123. The van der Waals surface area contributed by atoms with E-state index in [2.05, 4.69) is 283 Å². The van der Waals surface area contributed by atoms with Gasteiger partial charge in [-0.15, -0.1) is 0 Å². The van der Waals surface area contributed by atoms with E-state index in [1.165, 1.54) is 13.1 Å². The second kappa shape index (κ2) is 85.0. The van der Waals surface area contributed by atoms with Crippen LogP contribution in [0.5, 0.6) is 0 Å². The van der Waals surface area contributed by atoms with Crippen LogP contribution in [0.1, 0.15) is 248 Å². The van der Waals surface area contributed by atoms with Crippen LogP contribution in [0.3, 0.4) is 0 Å². The second-order valence-electron chi connectivity index (χ2n) is 37.0. The fourth-order valence-electron chi connectivity index (χ4n) is 17.9. The van der Waals surface area contributed by atoms with Crippen molar-refractivity contribution >= 4 is 34.7 Å². The summed E-state index contributed by atoms with van der Waals surface area (Å²) in [7, 11) is 0. The van der Waals surface area contributed by atoms with Crippen molar-refractivity contribution < 1.29 is 28.8 Å². The normalized spacial score (nSPS) is 18.8. The average Bonchev–Trinajstić information content (AvgIpc) is 0.903. The molecule has 3 rings (SSSR count). The highest BCUT2D eigenvalue weighted by atomic mass is 16.1. The molecule has 0 N–H and O–H groups in total. The van der Waals surface area contributed by atoms with Crippen LogP contribution in [0.25, 0.3) is 0 Å². The molecule has 27 nitrogen and oxygen atoms in total. The summed E-state index contributed by atoms with van der Waals surface area (Å²) in [6, 6.07) is 0.970. The number of carbonyl (C=O) groups excluding carboxylic acids is 6. The van der Waals surface area contributed by atoms with Gasteiger partial charge in [-0.05, 0) is 226 Å². The first kappa shape index (κ1) is 133. The molecule has 6 atom stereocenters. The van der Waals surface area contributed by atoms with Crippen molar-refractivity contribution in [2.45, 2.75) is 284 Å². The Morgan fingerprint density at radius 1 is 0.258 bits per heavy atom. The van der Waals surface area contributed by atoms with Crippen LogP contribution >= 0.6 is 0 Å². The zero-order valence-corrected chi connectivity index (χ0v) is 93.7. The van der Waals surface area contributed by atoms with Crippen LogP contribution in [0.4, 0.5) is 0 Å². The van der Waals surface area contributed by atoms with E-state index >= 15 is 0 Å². The Labute approximate surface area is 819 Å². The van der Waals surface area contributed by atoms with E-state index < -0.39 is 0 Å². The molecule has 0 bridgehead atoms. The van der Waals surface area contributed by atoms with E-state index in [0.29, 0.717) is 48.1 Å². The molecule has 0 spiro atoms. The molecule has 27 heteroatoms. The lowest BCUT2D eigenvalue weighted by Gasteiger charge is -2.37. The fourth-order valence-corrected chi connectivity index (χ4v) is 17.9. The summed E-state index contributed by atoms with van der Waals surface area (Å²) in [6.07, 6.45) is 2.36. The first-order valence-corrected chi connectivity index (χ1v) is 54.4. The largest absolute Gasteiger partial charge is 0.303 e. The number of likely N-dealkylation sites (N-methyl/N-ethyl adjacent to an activating group) is 18. The van der Waals surface area contributed by atoms with E-state index in [1.807, 2.05) is 6.92 Å². The Kier molecular flexibility index (Phi) is 85.8. The molecular formula is C105H225N21O6. The van der Waals surface area contributed by atoms with Gasteiger partial charge < -0.3 is 78.3 Å². The maximum absolute atomic E-state index is 12.2. The van der Waals surface area contributed by atoms with Crippen LogP contribution in [-0.2, 0) is 28.8 Å². The molecule has 3 aliphatic heterocycles. The molecule has 0 saturated carbocycles. The van der Waals surface area contributed by atoms with Crippen molar-refractivity contribution in [2.75, 3.05) is 373 Å². The first-order chi connectivity index (χ1) is 63.1. The lowest BCUT2D eigenvalue weighted by Crippen LogP contribution is -2.52. The van der Waals surface area contributed by atoms with Gasteiger partial charge in [0, 0.05) is 241 Å². The van der Waals surface area contributed by atoms with Crippen molar-refractivity contribution in [3.05, 3.63) is 0 Å². The van der Waals surface area contributed by atoms with E-state index in [4.69, 9.17) is 0 Å². The Bertz CT molecular complexity index is 2640. The number of hydrogen-bond donors (Lipinski definition) is 0. The number of carbonyl (C=O) groups is 6. The molecule has 0 aromatic rings. The molecule has 3 fully saturated rings. The van der Waals surface area contributed by atoms with Crippen LogP contribution in [0.2, 0.25) is 0 Å². The molecule has 3 saturated heterocycles. The maximum Gasteiger partial charge on any atom is 0.148 e. The predicted molar refractivity (Wildman–Crippen MR) is 570 cm³/mol. The highest BCUT2D eigenvalue weighted by molar-refractivity contribution is 5.83. The minimum Gasteiger partial charge on any atom is -0.303 e. The average molecular weight is 1880 g/mol. The standard InChI is InChI=1S/C20H42N4O.C19H40N4O.C18H38N4O.3C16H35N3O/c1-6-21-11-13-22(7-2)15-17-24(19(4)9-10-20(5)25)18-16-23(8-3)14-12-21;1-6-20-9-11-21(7-2)13-15-23(18(4)17-19(5)24)16-14-22(8-3)12-10-20;1-6-19-10-11-20(7-2)14-15-22(9-4)18(17(5)23)16-21(8-3)13-12-19;1-7-17(8-2)11-13-19(15(5)16(6)20)14-12-18(9-3)10-4;1-7-17(8-2)12-13-18(9-3)14-16(15(6)20)19(10-4)11-5;1-7-17(8-2)12-13-19(11-5)16(15(6)20)14-18(9-3)10-4/h19H,6-18H2,1-5H3;18H,6-17H2,1-5H3;18H,6-16H2,1-5H3;15H,7-14H2,1-6H3;2*16H,7-14H2,1-6H3. The number of rotatable bonds is 54. The quantitative estimate of drug-likeness (QED) is 0.0563. The van der Waals surface area contributed by atoms with Gasteiger partial charge in [0.15, 0.2) is 0 Å². The van der Waals surface area contributed by atoms with E-state index in [-0.39, 0.29) is 35.7 Å². The molecule has 0 aromatic heterocycles. The van der Waals surface area contributed by atoms with E-state index in [1.54, 1.807) is 41.5 Å². The number of hydrogen-bond acceptors (Lipinski definition) is 27. The van der Waals surface area contributed by atoms with Crippen LogP contribution < -0.4 is 0 Å². The highest BCUT2D eigenvalue weighted by Gasteiger charge is 2.30. The smallest absolute Gasteiger partial charge is 0.148 e. The van der Waals surface area contributed by atoms with Crippen molar-refractivity contribution in [1.29, 1.82) is 0 Å². The minimum atomic E-state index is 0.0288. The zero-order valence-electron chi connectivity index (χ0n) is 93.7. The van der Waals surface area contributed by atoms with Crippen LogP contribution in [0, 0.1) is 0 Å². The topological polar surface area (TPSA) is 170 Å². The Hall–Kier alpha value is -2.82. The van der Waals surface area contributed by atoms with Gasteiger partial charge in [0.2, 0.25) is 0 Å². The van der Waals surface area contributed by atoms with Gasteiger partial charge in [-0.1, -0.05) is 166 Å². The first-order valence-electron chi connectivity index (χ1n) is 54.4. The monoisotopic (exact) mass is 1880 g/mol. The Morgan fingerprint density at radius 2 is 0.515 bits per heavy atom. The Morgan fingerprint density at radius 3 is 0.773 bits per heavy atom. The molecule has 0 amide bonds. The van der Waals surface area contributed by atoms with Gasteiger partial charge in [-0.25, -0.2) is 0 Å². The SMILES string of the molecule is CCN(CC)CCN(CC)C(CN(CC)CC)C(C)=O.CCN(CC)CCN(CC)CC(C(C)=O)N(CC)CC.CCN(CC)CCN(CCN(CC)CC)C(C)C(C)=O.CCN1CCN(CC)CCN(C(C)CC(C)=O)CCN(CC)CC1.CCN1CCN(CC)CCN(C(C)CCC(C)=O)CCN(CC)CC1.CCN1CCN(CC)CCN(CC)C(C(C)=O)CN(CC)CC1. The summed E-state index contributed by atoms with van der Waals surface area (Å²) in [4.78, 5) is 122. The van der Waals surface area contributed by atoms with Gasteiger partial charge >= 0.3 is 0 Å². The number of Topliss-reactive ketones (excluding diaryl/α,β-unsaturated/α-hetero) is 6. The molecule has 6 unspecified atom stereocenters. The summed E-state index contributed by atoms with van der Waals surface area (Å²) in [6.45, 7) is 130. The number of ketones is 6. The molecule has 3 aliphatic rings. The fraction of sp³-hybridized carbons (Fsp3) is 0.943. The third kappa shape index (κ3) is 61.7. The van der Waals surface area contributed by atoms with Crippen molar-refractivity contribution in [2.24, 2.45) is 0 Å². The second-order valence-corrected chi connectivity index (χ2v) is 37.0. The highest BCUT2D eigenvalue weighted by Crippen LogP contribution is 2.15. The summed E-state index contributed by atoms with van der Waals surface area (Å²) in [5.41, 5.74) is 0. The molecule has 0 aromatic carbocycles. The third-order valence-corrected chi connectivity index (χ3v) is 29.2. The van der Waals surface area contributed by atoms with E-state index in [0.717, 1.165) is 366 Å². The van der Waals surface area contributed by atoms with Crippen molar-refractivity contribution in [1.82, 2.24) is 103 Å². The summed E-state index contributed by atoms with van der Waals surface area (Å²) in [5.74, 6) is 1.76. The third-order valence-electron chi connectivity index (χ3n) is 29.2. The maximum atomic E-state index is 12.2. The molecule has 3 heterocycles. The van der Waals surface area contributed by atoms with Gasteiger partial charge in [-0.2, -0.15) is 0 Å². The van der Waals surface area contributed by atoms with Crippen molar-refractivity contribution in [3.63, 3.8) is 0 Å². The van der Waals surface area contributed by atoms with E-state index in [9.17, 15) is 28.8 Å². The molecule has 786 valence electrons. The molecule has 0 radical (unpaired) electrons. The van der Waals surface area contributed by atoms with Gasteiger partial charge in [0.05, 0.1) is 24.2 Å². The van der Waals surface area contributed by atoms with Crippen LogP contribution in [0.15, 0.2) is 0 Å². The zero-order chi connectivity index (χ0) is 100. The molecular weight excluding hydrogens is 1650 g/mol. The van der Waals surface area contributed by atoms with Crippen molar-refractivity contribution in [3.8, 4) is 0 Å². The lowest BCUT2D eigenvalue weighted by atomic mass is 10.1. The number of nitrogens with zero attached hydrogens (tertiary/aromatic N) is 21. The van der Waals surface area contributed by atoms with Gasteiger partial charge in [-0.3, -0.25) is 53.4 Å². The molecule has 132 heavy (non-hydrogen) atoms. The Balaban J connectivity index is -0.00000152. The summed E-state index contributed by atoms with van der Waals surface area (Å²) >= 11 is 0. The minimum absolute atomic E-state index is 0.0288. The summed E-state index contributed by atoms with van der Waals surface area (Å²) in [5, 5.41) is 0. The van der Waals surface area contributed by atoms with Gasteiger partial charge in [0.25, 0.3) is 0 Å². The molecule has 0 aliphatic carbocycles. The predicted octanol–water partition coefficient (Wildman–Crippen LogP) is 10.8.